The van der Waals surface area contributed by atoms with Crippen molar-refractivity contribution < 1.29 is 26.7 Å². The topological polar surface area (TPSA) is 66.9 Å². The Morgan fingerprint density at radius 3 is 2.33 bits per heavy atom. The maximum absolute atomic E-state index is 13.7. The summed E-state index contributed by atoms with van der Waals surface area (Å²) in [7, 11) is 0. The third-order valence-electron chi connectivity index (χ3n) is 3.35. The summed E-state index contributed by atoms with van der Waals surface area (Å²) in [5, 5.41) is 4.50. The van der Waals surface area contributed by atoms with E-state index in [1.807, 2.05) is 0 Å². The zero-order chi connectivity index (χ0) is 19.6. The number of amides is 1. The molecule has 0 aliphatic carbocycles. The van der Waals surface area contributed by atoms with E-state index in [-0.39, 0.29) is 17.3 Å². The minimum atomic E-state index is -1.68. The van der Waals surface area contributed by atoms with Gasteiger partial charge in [-0.25, -0.2) is 31.9 Å². The van der Waals surface area contributed by atoms with Crippen LogP contribution < -0.4 is 10.6 Å². The quantitative estimate of drug-likeness (QED) is 0.527. The standard InChI is InChI=1S/C17H9F5N4O/c18-8-1-3-11(10(20)7-8)24-16(27)13-5-6-23-17(26-13)25-12-4-2-9(19)14(21)15(12)22/h1-7H,(H,24,27)(H,23,25,26). The third kappa shape index (κ3) is 4.00. The molecule has 0 aliphatic rings. The second-order valence-electron chi connectivity index (χ2n) is 5.19. The lowest BCUT2D eigenvalue weighted by Gasteiger charge is -2.09. The summed E-state index contributed by atoms with van der Waals surface area (Å²) in [6.45, 7) is 0. The van der Waals surface area contributed by atoms with Crippen LogP contribution in [-0.4, -0.2) is 15.9 Å². The summed E-state index contributed by atoms with van der Waals surface area (Å²) in [5.74, 6) is -7.47. The van der Waals surface area contributed by atoms with Crippen molar-refractivity contribution in [1.82, 2.24) is 9.97 Å². The summed E-state index contributed by atoms with van der Waals surface area (Å²) < 4.78 is 66.4. The second kappa shape index (κ2) is 7.36. The molecular weight excluding hydrogens is 371 g/mol. The van der Waals surface area contributed by atoms with Crippen molar-refractivity contribution in [2.75, 3.05) is 10.6 Å². The van der Waals surface area contributed by atoms with Gasteiger partial charge in [0.2, 0.25) is 5.95 Å². The van der Waals surface area contributed by atoms with E-state index in [0.29, 0.717) is 12.1 Å². The van der Waals surface area contributed by atoms with E-state index in [2.05, 4.69) is 20.6 Å². The average molecular weight is 380 g/mol. The molecule has 0 aliphatic heterocycles. The summed E-state index contributed by atoms with van der Waals surface area (Å²) >= 11 is 0. The first-order valence-electron chi connectivity index (χ1n) is 7.35. The summed E-state index contributed by atoms with van der Waals surface area (Å²) in [6, 6.07) is 5.39. The van der Waals surface area contributed by atoms with Gasteiger partial charge < -0.3 is 10.6 Å². The van der Waals surface area contributed by atoms with Crippen LogP contribution in [0, 0.1) is 29.1 Å². The molecule has 0 radical (unpaired) electrons. The van der Waals surface area contributed by atoms with E-state index in [1.54, 1.807) is 0 Å². The Morgan fingerprint density at radius 2 is 1.59 bits per heavy atom. The van der Waals surface area contributed by atoms with E-state index in [1.165, 1.54) is 6.07 Å². The minimum Gasteiger partial charge on any atom is -0.322 e. The van der Waals surface area contributed by atoms with Gasteiger partial charge in [0.1, 0.15) is 17.3 Å². The monoisotopic (exact) mass is 380 g/mol. The van der Waals surface area contributed by atoms with Gasteiger partial charge in [-0.1, -0.05) is 0 Å². The number of carbonyl (C=O) groups is 1. The Balaban J connectivity index is 1.81. The van der Waals surface area contributed by atoms with Gasteiger partial charge in [0.15, 0.2) is 17.5 Å². The largest absolute Gasteiger partial charge is 0.322 e. The molecule has 5 nitrogen and oxygen atoms in total. The number of anilines is 3. The fourth-order valence-corrected chi connectivity index (χ4v) is 2.07. The van der Waals surface area contributed by atoms with E-state index >= 15 is 0 Å². The fraction of sp³-hybridized carbons (Fsp3) is 0. The van der Waals surface area contributed by atoms with Crippen molar-refractivity contribution in [3.8, 4) is 0 Å². The van der Waals surface area contributed by atoms with E-state index < -0.39 is 40.7 Å². The van der Waals surface area contributed by atoms with Crippen molar-refractivity contribution in [3.05, 3.63) is 77.4 Å². The summed E-state index contributed by atoms with van der Waals surface area (Å²) in [4.78, 5) is 19.7. The maximum atomic E-state index is 13.7. The normalized spacial score (nSPS) is 10.6. The lowest BCUT2D eigenvalue weighted by atomic mass is 10.2. The van der Waals surface area contributed by atoms with E-state index in [4.69, 9.17) is 0 Å². The molecule has 3 aromatic rings. The van der Waals surface area contributed by atoms with Crippen molar-refractivity contribution >= 4 is 23.2 Å². The van der Waals surface area contributed by atoms with Crippen LogP contribution in [0.2, 0.25) is 0 Å². The van der Waals surface area contributed by atoms with Gasteiger partial charge in [0.05, 0.1) is 11.4 Å². The van der Waals surface area contributed by atoms with Crippen LogP contribution in [0.5, 0.6) is 0 Å². The number of benzene rings is 2. The number of carbonyl (C=O) groups excluding carboxylic acids is 1. The number of halogens is 5. The van der Waals surface area contributed by atoms with Crippen molar-refractivity contribution in [3.63, 3.8) is 0 Å². The van der Waals surface area contributed by atoms with Gasteiger partial charge in [-0.05, 0) is 30.3 Å². The molecule has 1 aromatic heterocycles. The fourth-order valence-electron chi connectivity index (χ4n) is 2.07. The molecule has 0 fully saturated rings. The van der Waals surface area contributed by atoms with Crippen LogP contribution in [0.4, 0.5) is 39.3 Å². The molecule has 0 spiro atoms. The second-order valence-corrected chi connectivity index (χ2v) is 5.19. The van der Waals surface area contributed by atoms with Crippen LogP contribution in [0.3, 0.4) is 0 Å². The Morgan fingerprint density at radius 1 is 0.852 bits per heavy atom. The van der Waals surface area contributed by atoms with Crippen LogP contribution in [-0.2, 0) is 0 Å². The Kier molecular flexibility index (Phi) is 4.97. The molecule has 1 heterocycles. The molecule has 10 heteroatoms. The maximum Gasteiger partial charge on any atom is 0.274 e. The van der Waals surface area contributed by atoms with Gasteiger partial charge >= 0.3 is 0 Å². The van der Waals surface area contributed by atoms with Crippen molar-refractivity contribution in [1.29, 1.82) is 0 Å². The van der Waals surface area contributed by atoms with Gasteiger partial charge in [-0.2, -0.15) is 0 Å². The molecule has 0 bridgehead atoms. The highest BCUT2D eigenvalue weighted by molar-refractivity contribution is 6.03. The Bertz CT molecular complexity index is 1030. The minimum absolute atomic E-state index is 0.237. The summed E-state index contributed by atoms with van der Waals surface area (Å²) in [6.07, 6.45) is 1.14. The highest BCUT2D eigenvalue weighted by atomic mass is 19.2. The average Bonchev–Trinajstić information content (AvgIpc) is 2.65. The first-order valence-corrected chi connectivity index (χ1v) is 7.35. The molecule has 3 rings (SSSR count). The van der Waals surface area contributed by atoms with Crippen LogP contribution >= 0.6 is 0 Å². The van der Waals surface area contributed by atoms with E-state index in [9.17, 15) is 26.7 Å². The van der Waals surface area contributed by atoms with Crippen LogP contribution in [0.15, 0.2) is 42.6 Å². The van der Waals surface area contributed by atoms with Crippen LogP contribution in [0.1, 0.15) is 10.5 Å². The van der Waals surface area contributed by atoms with Crippen molar-refractivity contribution in [2.45, 2.75) is 0 Å². The van der Waals surface area contributed by atoms with Gasteiger partial charge in [-0.15, -0.1) is 0 Å². The summed E-state index contributed by atoms with van der Waals surface area (Å²) in [5.41, 5.74) is -0.962. The molecule has 0 saturated carbocycles. The Labute approximate surface area is 148 Å². The smallest absolute Gasteiger partial charge is 0.274 e. The molecule has 1 amide bonds. The zero-order valence-electron chi connectivity index (χ0n) is 13.2. The predicted octanol–water partition coefficient (Wildman–Crippen LogP) is 4.17. The van der Waals surface area contributed by atoms with Gasteiger partial charge in [0.25, 0.3) is 5.91 Å². The number of hydrogen-bond acceptors (Lipinski definition) is 4. The number of rotatable bonds is 4. The first kappa shape index (κ1) is 18.2. The zero-order valence-corrected chi connectivity index (χ0v) is 13.2. The number of nitrogens with one attached hydrogen (secondary N) is 2. The number of aromatic nitrogens is 2. The molecule has 2 aromatic carbocycles. The highest BCUT2D eigenvalue weighted by Crippen LogP contribution is 2.22. The SMILES string of the molecule is O=C(Nc1ccc(F)cc1F)c1ccnc(Nc2ccc(F)c(F)c2F)n1. The molecule has 0 atom stereocenters. The molecule has 27 heavy (non-hydrogen) atoms. The number of hydrogen-bond donors (Lipinski definition) is 2. The molecule has 0 saturated heterocycles. The first-order chi connectivity index (χ1) is 12.8. The highest BCUT2D eigenvalue weighted by Gasteiger charge is 2.16. The molecule has 138 valence electrons. The predicted molar refractivity (Wildman–Crippen MR) is 85.9 cm³/mol. The lowest BCUT2D eigenvalue weighted by Crippen LogP contribution is -2.16. The molecular formula is C17H9F5N4O. The number of nitrogens with zero attached hydrogens (tertiary/aromatic N) is 2. The van der Waals surface area contributed by atoms with E-state index in [0.717, 1.165) is 24.4 Å². The Hall–Kier alpha value is -3.56. The van der Waals surface area contributed by atoms with Gasteiger partial charge in [0, 0.05) is 12.3 Å². The lowest BCUT2D eigenvalue weighted by molar-refractivity contribution is 0.102. The molecule has 0 unspecified atom stereocenters. The molecule has 2 N–H and O–H groups in total. The van der Waals surface area contributed by atoms with Gasteiger partial charge in [-0.3, -0.25) is 4.79 Å². The van der Waals surface area contributed by atoms with Crippen molar-refractivity contribution in [2.24, 2.45) is 0 Å². The van der Waals surface area contributed by atoms with Crippen LogP contribution in [0.25, 0.3) is 0 Å². The third-order valence-corrected chi connectivity index (χ3v) is 3.35.